The van der Waals surface area contributed by atoms with Gasteiger partial charge in [-0.3, -0.25) is 9.59 Å². The Bertz CT molecular complexity index is 714. The summed E-state index contributed by atoms with van der Waals surface area (Å²) in [4.78, 5) is 25.9. The molecule has 1 saturated heterocycles. The first-order chi connectivity index (χ1) is 11.7. The van der Waals surface area contributed by atoms with Gasteiger partial charge < -0.3 is 19.4 Å². The molecule has 0 saturated carbocycles. The van der Waals surface area contributed by atoms with Crippen LogP contribution < -0.4 is 5.32 Å². The van der Waals surface area contributed by atoms with Crippen LogP contribution in [0.2, 0.25) is 0 Å². The molecule has 3 rings (SSSR count). The molecule has 1 N–H and O–H groups in total. The second kappa shape index (κ2) is 7.61. The maximum atomic E-state index is 12.3. The fraction of sp³-hybridized carbons (Fsp3) is 0.222. The number of morpholine rings is 1. The van der Waals surface area contributed by atoms with Gasteiger partial charge in [0.2, 0.25) is 5.91 Å². The molecule has 6 nitrogen and oxygen atoms in total. The molecule has 24 heavy (non-hydrogen) atoms. The highest BCUT2D eigenvalue weighted by Crippen LogP contribution is 2.13. The van der Waals surface area contributed by atoms with Gasteiger partial charge in [0.25, 0.3) is 5.91 Å². The summed E-state index contributed by atoms with van der Waals surface area (Å²) in [6.45, 7) is 2.35. The predicted molar refractivity (Wildman–Crippen MR) is 89.5 cm³/mol. The molecule has 1 aliphatic rings. The van der Waals surface area contributed by atoms with E-state index >= 15 is 0 Å². The topological polar surface area (TPSA) is 71.8 Å². The zero-order chi connectivity index (χ0) is 16.8. The van der Waals surface area contributed by atoms with Crippen molar-refractivity contribution in [3.05, 3.63) is 60.1 Å². The Hall–Kier alpha value is -2.86. The Balaban J connectivity index is 1.57. The number of hydrogen-bond acceptors (Lipinski definition) is 4. The van der Waals surface area contributed by atoms with E-state index in [0.717, 1.165) is 0 Å². The lowest BCUT2D eigenvalue weighted by molar-refractivity contribution is -0.111. The standard InChI is InChI=1S/C18H18N2O4/c21-17(8-7-16-2-1-11-24-16)19-15-5-3-14(4-6-15)18(22)20-9-12-23-13-10-20/h1-8,11H,9-10,12-13H2,(H,19,21)/b8-7+. The molecule has 1 fully saturated rings. The Kier molecular flexibility index (Phi) is 5.08. The molecular formula is C18H18N2O4. The summed E-state index contributed by atoms with van der Waals surface area (Å²) in [5, 5.41) is 2.74. The van der Waals surface area contributed by atoms with Crippen LogP contribution in [0.4, 0.5) is 5.69 Å². The highest BCUT2D eigenvalue weighted by Gasteiger charge is 2.18. The predicted octanol–water partition coefficient (Wildman–Crippen LogP) is 2.40. The molecule has 0 aliphatic carbocycles. The van der Waals surface area contributed by atoms with Crippen molar-refractivity contribution in [2.45, 2.75) is 0 Å². The summed E-state index contributed by atoms with van der Waals surface area (Å²) in [6.07, 6.45) is 4.53. The number of carbonyl (C=O) groups is 2. The minimum atomic E-state index is -0.265. The van der Waals surface area contributed by atoms with Gasteiger partial charge in [0.15, 0.2) is 0 Å². The molecule has 0 bridgehead atoms. The van der Waals surface area contributed by atoms with Crippen molar-refractivity contribution < 1.29 is 18.7 Å². The molecule has 0 unspecified atom stereocenters. The first-order valence-electron chi connectivity index (χ1n) is 7.72. The van der Waals surface area contributed by atoms with E-state index < -0.39 is 0 Å². The summed E-state index contributed by atoms with van der Waals surface area (Å²) >= 11 is 0. The van der Waals surface area contributed by atoms with E-state index in [9.17, 15) is 9.59 Å². The highest BCUT2D eigenvalue weighted by atomic mass is 16.5. The number of amides is 2. The number of furan rings is 1. The summed E-state index contributed by atoms with van der Waals surface area (Å²) in [6, 6.07) is 10.4. The number of nitrogens with zero attached hydrogens (tertiary/aromatic N) is 1. The minimum absolute atomic E-state index is 0.0195. The third-order valence-electron chi connectivity index (χ3n) is 3.64. The molecule has 6 heteroatoms. The molecule has 1 aliphatic heterocycles. The number of nitrogens with one attached hydrogen (secondary N) is 1. The third-order valence-corrected chi connectivity index (χ3v) is 3.64. The van der Waals surface area contributed by atoms with Crippen LogP contribution in [0.25, 0.3) is 6.08 Å². The van der Waals surface area contributed by atoms with Gasteiger partial charge in [-0.25, -0.2) is 0 Å². The van der Waals surface area contributed by atoms with Crippen molar-refractivity contribution in [3.8, 4) is 0 Å². The van der Waals surface area contributed by atoms with Crippen LogP contribution in [0.3, 0.4) is 0 Å². The van der Waals surface area contributed by atoms with Crippen molar-refractivity contribution in [1.82, 2.24) is 4.90 Å². The lowest BCUT2D eigenvalue weighted by Gasteiger charge is -2.26. The van der Waals surface area contributed by atoms with E-state index in [1.54, 1.807) is 53.6 Å². The van der Waals surface area contributed by atoms with Gasteiger partial charge in [-0.05, 0) is 42.5 Å². The number of hydrogen-bond donors (Lipinski definition) is 1. The minimum Gasteiger partial charge on any atom is -0.465 e. The van der Waals surface area contributed by atoms with Gasteiger partial charge in [-0.15, -0.1) is 0 Å². The molecule has 124 valence electrons. The van der Waals surface area contributed by atoms with E-state index in [0.29, 0.717) is 43.3 Å². The maximum absolute atomic E-state index is 12.3. The van der Waals surface area contributed by atoms with Gasteiger partial charge in [0.1, 0.15) is 5.76 Å². The molecular weight excluding hydrogens is 308 g/mol. The fourth-order valence-corrected chi connectivity index (χ4v) is 2.37. The Labute approximate surface area is 139 Å². The van der Waals surface area contributed by atoms with E-state index in [2.05, 4.69) is 5.32 Å². The van der Waals surface area contributed by atoms with Crippen LogP contribution in [-0.4, -0.2) is 43.0 Å². The number of benzene rings is 1. The first kappa shape index (κ1) is 16.0. The van der Waals surface area contributed by atoms with Crippen molar-refractivity contribution in [2.75, 3.05) is 31.6 Å². The summed E-state index contributed by atoms with van der Waals surface area (Å²) in [5.74, 6) is 0.323. The Morgan fingerprint density at radius 1 is 1.08 bits per heavy atom. The second-order valence-corrected chi connectivity index (χ2v) is 5.32. The van der Waals surface area contributed by atoms with Crippen LogP contribution in [0.5, 0.6) is 0 Å². The number of anilines is 1. The lowest BCUT2D eigenvalue weighted by atomic mass is 10.1. The van der Waals surface area contributed by atoms with Gasteiger partial charge >= 0.3 is 0 Å². The largest absolute Gasteiger partial charge is 0.465 e. The molecule has 2 amide bonds. The average molecular weight is 326 g/mol. The van der Waals surface area contributed by atoms with Crippen molar-refractivity contribution in [3.63, 3.8) is 0 Å². The zero-order valence-electron chi connectivity index (χ0n) is 13.1. The van der Waals surface area contributed by atoms with Crippen LogP contribution in [0.1, 0.15) is 16.1 Å². The molecule has 0 spiro atoms. The van der Waals surface area contributed by atoms with Crippen LogP contribution in [0, 0.1) is 0 Å². The number of ether oxygens (including phenoxy) is 1. The van der Waals surface area contributed by atoms with Crippen LogP contribution in [-0.2, 0) is 9.53 Å². The highest BCUT2D eigenvalue weighted by molar-refractivity contribution is 6.02. The quantitative estimate of drug-likeness (QED) is 0.876. The van der Waals surface area contributed by atoms with Gasteiger partial charge in [0.05, 0.1) is 19.5 Å². The van der Waals surface area contributed by atoms with Crippen LogP contribution in [0.15, 0.2) is 53.2 Å². The van der Waals surface area contributed by atoms with Gasteiger partial charge in [-0.1, -0.05) is 0 Å². The monoisotopic (exact) mass is 326 g/mol. The fourth-order valence-electron chi connectivity index (χ4n) is 2.37. The molecule has 2 aromatic rings. The Morgan fingerprint density at radius 3 is 2.50 bits per heavy atom. The summed E-state index contributed by atoms with van der Waals surface area (Å²) < 4.78 is 10.4. The lowest BCUT2D eigenvalue weighted by Crippen LogP contribution is -2.40. The third kappa shape index (κ3) is 4.11. The smallest absolute Gasteiger partial charge is 0.254 e. The first-order valence-corrected chi connectivity index (χ1v) is 7.72. The molecule has 1 aromatic carbocycles. The average Bonchev–Trinajstić information content (AvgIpc) is 3.14. The Morgan fingerprint density at radius 2 is 1.83 bits per heavy atom. The second-order valence-electron chi connectivity index (χ2n) is 5.32. The van der Waals surface area contributed by atoms with Gasteiger partial charge in [-0.2, -0.15) is 0 Å². The van der Waals surface area contributed by atoms with Crippen molar-refractivity contribution in [1.29, 1.82) is 0 Å². The summed E-state index contributed by atoms with van der Waals surface area (Å²) in [7, 11) is 0. The van der Waals surface area contributed by atoms with Crippen molar-refractivity contribution in [2.24, 2.45) is 0 Å². The number of carbonyl (C=O) groups excluding carboxylic acids is 2. The molecule has 1 aromatic heterocycles. The normalized spacial score (nSPS) is 14.8. The summed E-state index contributed by atoms with van der Waals surface area (Å²) in [5.41, 5.74) is 1.23. The van der Waals surface area contributed by atoms with E-state index in [4.69, 9.17) is 9.15 Å². The van der Waals surface area contributed by atoms with Gasteiger partial charge in [0, 0.05) is 30.4 Å². The molecule has 0 atom stereocenters. The number of rotatable bonds is 4. The van der Waals surface area contributed by atoms with E-state index in [-0.39, 0.29) is 11.8 Å². The maximum Gasteiger partial charge on any atom is 0.254 e. The zero-order valence-corrected chi connectivity index (χ0v) is 13.1. The van der Waals surface area contributed by atoms with Crippen LogP contribution >= 0.6 is 0 Å². The van der Waals surface area contributed by atoms with E-state index in [1.165, 1.54) is 6.08 Å². The van der Waals surface area contributed by atoms with E-state index in [1.807, 2.05) is 0 Å². The molecule has 2 heterocycles. The van der Waals surface area contributed by atoms with Crippen molar-refractivity contribution >= 4 is 23.6 Å². The molecule has 0 radical (unpaired) electrons. The SMILES string of the molecule is O=C(/C=C/c1ccco1)Nc1ccc(C(=O)N2CCOCC2)cc1.